The minimum atomic E-state index is -4.16. The molecule has 59 heavy (non-hydrogen) atoms. The highest BCUT2D eigenvalue weighted by Gasteiger charge is 2.45. The summed E-state index contributed by atoms with van der Waals surface area (Å²) in [7, 11) is 0. The molecule has 2 unspecified atom stereocenters. The number of nitrogen functional groups attached to an aromatic ring is 3. The number of aliphatic hydroxyl groups excluding tert-OH is 2. The summed E-state index contributed by atoms with van der Waals surface area (Å²) in [5, 5.41) is 20.8. The lowest BCUT2D eigenvalue weighted by molar-refractivity contribution is -0.0542. The Balaban J connectivity index is 0.954. The number of nitrogens with two attached hydrogens (primary N) is 3. The summed E-state index contributed by atoms with van der Waals surface area (Å²) in [4.78, 5) is 74.1. The summed E-state index contributed by atoms with van der Waals surface area (Å²) in [6.45, 7) is -9.74. The van der Waals surface area contributed by atoms with Crippen LogP contribution >= 0.6 is 13.4 Å². The molecule has 0 spiro atoms. The molecule has 5 aromatic rings. The molecule has 11 N–H and O–H groups in total. The van der Waals surface area contributed by atoms with Crippen molar-refractivity contribution in [3.05, 3.63) is 52.1 Å². The topological polar surface area (TPSA) is 366 Å². The summed E-state index contributed by atoms with van der Waals surface area (Å²) in [5.74, 6) is 0.0000901. The third kappa shape index (κ3) is 8.79. The molecule has 0 aromatic carbocycles. The zero-order chi connectivity index (χ0) is 41.8. The Morgan fingerprint density at radius 3 is 2.08 bits per heavy atom. The number of rotatable bonds is 14. The molecular formula is C29H37N13O13P2S2. The number of fused-ring (bicyclic) bond motifs is 2. The third-order valence-corrected chi connectivity index (χ3v) is 12.9. The van der Waals surface area contributed by atoms with E-state index < -0.39 is 93.2 Å². The summed E-state index contributed by atoms with van der Waals surface area (Å²) < 4.78 is 45.3. The molecule has 8 heterocycles. The zero-order valence-electron chi connectivity index (χ0n) is 30.3. The van der Waals surface area contributed by atoms with Crippen LogP contribution in [0.2, 0.25) is 0 Å². The van der Waals surface area contributed by atoms with Crippen molar-refractivity contribution >= 4 is 77.0 Å². The van der Waals surface area contributed by atoms with Crippen molar-refractivity contribution in [3.63, 3.8) is 0 Å². The minimum Gasteiger partial charge on any atom is -0.394 e. The van der Waals surface area contributed by atoms with Gasteiger partial charge in [0, 0.05) is 25.5 Å². The van der Waals surface area contributed by atoms with E-state index in [1.807, 2.05) is 0 Å². The number of ether oxygens (including phenoxy) is 3. The molecule has 26 nitrogen and oxygen atoms in total. The van der Waals surface area contributed by atoms with E-state index in [-0.39, 0.29) is 54.6 Å². The van der Waals surface area contributed by atoms with Crippen LogP contribution in [0.15, 0.2) is 40.8 Å². The number of imidazole rings is 2. The molecule has 5 aromatic heterocycles. The van der Waals surface area contributed by atoms with Crippen LogP contribution in [0.1, 0.15) is 37.9 Å². The largest absolute Gasteiger partial charge is 0.394 e. The number of nitrogens with zero attached hydrogens (tertiary/aromatic N) is 9. The maximum Gasteiger partial charge on any atom is 0.351 e. The average molecular weight is 902 g/mol. The summed E-state index contributed by atoms with van der Waals surface area (Å²) in [6.07, 6.45) is -3.43. The van der Waals surface area contributed by atoms with Crippen LogP contribution in [-0.4, -0.2) is 125 Å². The van der Waals surface area contributed by atoms with Crippen molar-refractivity contribution in [2.45, 2.75) is 74.6 Å². The molecule has 8 rings (SSSR count). The predicted octanol–water partition coefficient (Wildman–Crippen LogP) is -1.58. The van der Waals surface area contributed by atoms with Crippen molar-refractivity contribution < 1.29 is 52.3 Å². The highest BCUT2D eigenvalue weighted by atomic mass is 32.5. The van der Waals surface area contributed by atoms with Crippen molar-refractivity contribution in [1.29, 1.82) is 0 Å². The second-order valence-electron chi connectivity index (χ2n) is 13.6. The smallest absolute Gasteiger partial charge is 0.351 e. The van der Waals surface area contributed by atoms with Crippen LogP contribution in [0, 0.1) is 0 Å². The number of anilines is 3. The van der Waals surface area contributed by atoms with Gasteiger partial charge in [0.25, 0.3) is 5.56 Å². The Morgan fingerprint density at radius 2 is 1.39 bits per heavy atom. The monoisotopic (exact) mass is 901 g/mol. The number of H-pyrrole nitrogens is 1. The minimum absolute atomic E-state index is 0.00485. The second kappa shape index (κ2) is 16.5. The lowest BCUT2D eigenvalue weighted by Crippen LogP contribution is -2.31. The second-order valence-corrected chi connectivity index (χ2v) is 19.1. The van der Waals surface area contributed by atoms with Crippen molar-refractivity contribution in [2.75, 3.05) is 37.0 Å². The molecule has 3 fully saturated rings. The highest BCUT2D eigenvalue weighted by molar-refractivity contribution is 8.07. The molecule has 3 aliphatic rings. The van der Waals surface area contributed by atoms with Gasteiger partial charge in [-0.1, -0.05) is 0 Å². The van der Waals surface area contributed by atoms with Crippen molar-refractivity contribution in [3.8, 4) is 0 Å². The zero-order valence-corrected chi connectivity index (χ0v) is 33.7. The van der Waals surface area contributed by atoms with Gasteiger partial charge in [0.15, 0.2) is 22.6 Å². The summed E-state index contributed by atoms with van der Waals surface area (Å²) in [5.41, 5.74) is 16.8. The van der Waals surface area contributed by atoms with Crippen LogP contribution in [-0.2, 0) is 55.9 Å². The standard InChI is InChI=1S/C29H37N13O13P2S2/c30-18-1-2-40(29(46)37-18)20-4-13(15(6-43)51-20)54-57(48,59)50-8-17-14(5-21(53-17)42-11-36-23-26(42)38-28(32)39-27(23)45)55-56(47,58)49-7-16-12(44)3-19(52-16)41-10-35-22-24(31)33-9-34-25(22)41/h1-2,9-17,19-21,43-44H,3-8H2,(H,47,58)(H,48,59)(H2,30,37,46)(H2,31,33,34)(H3,32,38,39,45)/t12-,13-,14-,15+,16+,17+,19+,20+,21+,56?,57?/m0/s1. The number of nitrogens with one attached hydrogen (secondary N) is 1. The molecule has 30 heteroatoms. The molecule has 0 amide bonds. The van der Waals surface area contributed by atoms with E-state index in [1.165, 1.54) is 35.8 Å². The number of aromatic nitrogens is 10. The van der Waals surface area contributed by atoms with E-state index >= 15 is 0 Å². The Hall–Kier alpha value is -3.96. The third-order valence-electron chi connectivity index (χ3n) is 9.71. The summed E-state index contributed by atoms with van der Waals surface area (Å²) in [6, 6.07) is 1.39. The lowest BCUT2D eigenvalue weighted by atomic mass is 10.2. The van der Waals surface area contributed by atoms with Gasteiger partial charge in [-0.15, -0.1) is 0 Å². The first kappa shape index (κ1) is 41.8. The molecule has 0 bridgehead atoms. The van der Waals surface area contributed by atoms with E-state index in [1.54, 1.807) is 4.57 Å². The number of hydrogen-bond acceptors (Lipinski definition) is 22. The molecule has 0 aliphatic carbocycles. The van der Waals surface area contributed by atoms with Gasteiger partial charge in [-0.25, -0.2) is 24.7 Å². The van der Waals surface area contributed by atoms with E-state index in [0.29, 0.717) is 11.2 Å². The first-order chi connectivity index (χ1) is 28.1. The fourth-order valence-electron chi connectivity index (χ4n) is 6.93. The van der Waals surface area contributed by atoms with Gasteiger partial charge in [-0.05, 0) is 29.7 Å². The molecule has 0 saturated carbocycles. The summed E-state index contributed by atoms with van der Waals surface area (Å²) >= 11 is 10.7. The van der Waals surface area contributed by atoms with E-state index in [9.17, 15) is 29.6 Å². The first-order valence-electron chi connectivity index (χ1n) is 17.6. The van der Waals surface area contributed by atoms with Gasteiger partial charge in [-0.2, -0.15) is 9.97 Å². The van der Waals surface area contributed by atoms with Crippen molar-refractivity contribution in [2.24, 2.45) is 0 Å². The van der Waals surface area contributed by atoms with E-state index in [0.717, 1.165) is 4.57 Å². The van der Waals surface area contributed by atoms with Gasteiger partial charge in [-0.3, -0.25) is 23.5 Å². The Morgan fingerprint density at radius 1 is 0.797 bits per heavy atom. The van der Waals surface area contributed by atoms with Crippen LogP contribution < -0.4 is 28.5 Å². The number of aliphatic hydroxyl groups is 2. The fourth-order valence-corrected chi connectivity index (χ4v) is 9.88. The quantitative estimate of drug-likeness (QED) is 0.0583. The van der Waals surface area contributed by atoms with Gasteiger partial charge >= 0.3 is 19.1 Å². The van der Waals surface area contributed by atoms with Gasteiger partial charge < -0.3 is 69.5 Å². The maximum atomic E-state index is 12.5. The van der Waals surface area contributed by atoms with E-state index in [4.69, 9.17) is 73.1 Å². The van der Waals surface area contributed by atoms with Crippen LogP contribution in [0.3, 0.4) is 0 Å². The predicted molar refractivity (Wildman–Crippen MR) is 209 cm³/mol. The Labute approximate surface area is 340 Å². The van der Waals surface area contributed by atoms with Gasteiger partial charge in [0.05, 0.1) is 50.8 Å². The lowest BCUT2D eigenvalue weighted by Gasteiger charge is -2.27. The molecular weight excluding hydrogens is 864 g/mol. The number of aromatic amines is 1. The highest BCUT2D eigenvalue weighted by Crippen LogP contribution is 2.52. The first-order valence-corrected chi connectivity index (χ1v) is 22.8. The molecule has 3 saturated heterocycles. The molecule has 3 aliphatic heterocycles. The normalized spacial score (nSPS) is 29.3. The SMILES string of the molecule is Nc1ccn([C@H]2C[C@H](OP(O)(=S)OC[C@H]3O[C@@H](n4cnc5c(=O)[nH]c(N)nc54)C[C@@H]3OP(O)(=S)OC[C@H]3O[C@@H](n4cnc5c(N)ncnc54)C[C@@H]3O)[C@@H](CO)O2)c(=O)n1. The van der Waals surface area contributed by atoms with Crippen LogP contribution in [0.4, 0.5) is 17.6 Å². The Bertz CT molecular complexity index is 2580. The molecule has 0 radical (unpaired) electrons. The number of hydrogen-bond donors (Lipinski definition) is 8. The van der Waals surface area contributed by atoms with Gasteiger partial charge in [0.2, 0.25) is 5.95 Å². The van der Waals surface area contributed by atoms with Crippen LogP contribution in [0.25, 0.3) is 22.3 Å². The maximum absolute atomic E-state index is 12.5. The molecule has 11 atom stereocenters. The average Bonchev–Trinajstić information content (AvgIpc) is 4.00. The Kier molecular flexibility index (Phi) is 11.7. The fraction of sp³-hybridized carbons (Fsp3) is 0.517. The molecule has 318 valence electrons. The van der Waals surface area contributed by atoms with Crippen molar-refractivity contribution in [1.82, 2.24) is 48.6 Å². The van der Waals surface area contributed by atoms with E-state index in [2.05, 4.69) is 34.9 Å². The van der Waals surface area contributed by atoms with Gasteiger partial charge in [0.1, 0.15) is 54.7 Å². The van der Waals surface area contributed by atoms with Crippen LogP contribution in [0.5, 0.6) is 0 Å².